The number of aryl methyl sites for hydroxylation is 2. The Morgan fingerprint density at radius 3 is 2.57 bits per heavy atom. The topological polar surface area (TPSA) is 37.3 Å². The number of para-hydroxylation sites is 1. The van der Waals surface area contributed by atoms with Gasteiger partial charge in [-0.15, -0.1) is 0 Å². The molecular formula is C17H17N3S. The second-order valence-corrected chi connectivity index (χ2v) is 6.15. The van der Waals surface area contributed by atoms with Crippen molar-refractivity contribution in [3.63, 3.8) is 0 Å². The van der Waals surface area contributed by atoms with Crippen LogP contribution in [-0.4, -0.2) is 10.7 Å². The molecule has 0 aliphatic rings. The zero-order valence-corrected chi connectivity index (χ0v) is 13.2. The van der Waals surface area contributed by atoms with Gasteiger partial charge in [-0.2, -0.15) is 5.10 Å². The smallest absolute Gasteiger partial charge is 0.204 e. The quantitative estimate of drug-likeness (QED) is 0.559. The van der Waals surface area contributed by atoms with Gasteiger partial charge in [0.15, 0.2) is 0 Å². The molecule has 3 nitrogen and oxygen atoms in total. The van der Waals surface area contributed by atoms with Gasteiger partial charge in [0.25, 0.3) is 0 Å². The minimum atomic E-state index is 0.825. The van der Waals surface area contributed by atoms with E-state index >= 15 is 0 Å². The zero-order chi connectivity index (χ0) is 14.8. The Morgan fingerprint density at radius 2 is 1.86 bits per heavy atom. The summed E-state index contributed by atoms with van der Waals surface area (Å²) < 4.78 is 1.18. The summed E-state index contributed by atoms with van der Waals surface area (Å²) >= 11 is 1.62. The Labute approximate surface area is 128 Å². The van der Waals surface area contributed by atoms with E-state index in [4.69, 9.17) is 0 Å². The molecule has 0 spiro atoms. The van der Waals surface area contributed by atoms with Crippen molar-refractivity contribution < 1.29 is 0 Å². The average molecular weight is 295 g/mol. The molecule has 0 radical (unpaired) electrons. The highest BCUT2D eigenvalue weighted by atomic mass is 32.1. The summed E-state index contributed by atoms with van der Waals surface area (Å²) in [5, 5.41) is 5.26. The van der Waals surface area contributed by atoms with Crippen LogP contribution in [0.1, 0.15) is 23.6 Å². The minimum absolute atomic E-state index is 0.825. The third-order valence-corrected chi connectivity index (χ3v) is 4.33. The first-order chi connectivity index (χ1) is 10.1. The molecule has 1 N–H and O–H groups in total. The molecule has 1 heterocycles. The number of hydrogen-bond acceptors (Lipinski definition) is 4. The van der Waals surface area contributed by atoms with Crippen molar-refractivity contribution in [2.45, 2.75) is 20.8 Å². The summed E-state index contributed by atoms with van der Waals surface area (Å²) in [5.41, 5.74) is 8.63. The predicted molar refractivity (Wildman–Crippen MR) is 91.4 cm³/mol. The van der Waals surface area contributed by atoms with Crippen molar-refractivity contribution >= 4 is 32.4 Å². The molecule has 0 amide bonds. The lowest BCUT2D eigenvalue weighted by Crippen LogP contribution is -1.99. The van der Waals surface area contributed by atoms with Gasteiger partial charge in [0, 0.05) is 0 Å². The first-order valence-corrected chi connectivity index (χ1v) is 7.68. The number of hydrogen-bond donors (Lipinski definition) is 1. The molecule has 0 atom stereocenters. The van der Waals surface area contributed by atoms with Gasteiger partial charge in [-0.1, -0.05) is 53.3 Å². The Kier molecular flexibility index (Phi) is 3.71. The SMILES string of the molecule is C/C(=N/Nc1nc2c(C)cccc2s1)c1ccc(C)cc1. The van der Waals surface area contributed by atoms with Gasteiger partial charge >= 0.3 is 0 Å². The maximum absolute atomic E-state index is 4.59. The van der Waals surface area contributed by atoms with E-state index in [1.807, 2.05) is 6.92 Å². The fourth-order valence-electron chi connectivity index (χ4n) is 2.13. The number of anilines is 1. The molecule has 106 valence electrons. The number of rotatable bonds is 3. The standard InChI is InChI=1S/C17H17N3S/c1-11-7-9-14(10-8-11)13(3)19-20-17-18-16-12(2)5-4-6-15(16)21-17/h4-10H,1-3H3,(H,18,20)/b19-13-. The number of thiazole rings is 1. The maximum Gasteiger partial charge on any atom is 0.204 e. The molecule has 0 aliphatic carbocycles. The molecule has 0 unspecified atom stereocenters. The lowest BCUT2D eigenvalue weighted by molar-refractivity contribution is 1.28. The Morgan fingerprint density at radius 1 is 1.10 bits per heavy atom. The lowest BCUT2D eigenvalue weighted by Gasteiger charge is -2.01. The van der Waals surface area contributed by atoms with Crippen molar-refractivity contribution in [1.29, 1.82) is 0 Å². The molecule has 0 saturated heterocycles. The predicted octanol–water partition coefficient (Wildman–Crippen LogP) is 4.75. The van der Waals surface area contributed by atoms with Gasteiger partial charge in [0.2, 0.25) is 5.13 Å². The van der Waals surface area contributed by atoms with Gasteiger partial charge in [0.05, 0.1) is 15.9 Å². The average Bonchev–Trinajstić information content (AvgIpc) is 2.90. The monoisotopic (exact) mass is 295 g/mol. The Hall–Kier alpha value is -2.20. The molecule has 0 bridgehead atoms. The molecule has 3 rings (SSSR count). The van der Waals surface area contributed by atoms with Crippen LogP contribution >= 0.6 is 11.3 Å². The van der Waals surface area contributed by atoms with E-state index in [2.05, 4.69) is 71.8 Å². The third kappa shape index (κ3) is 2.95. The van der Waals surface area contributed by atoms with Crippen LogP contribution in [0.4, 0.5) is 5.13 Å². The second-order valence-electron chi connectivity index (χ2n) is 5.12. The van der Waals surface area contributed by atoms with E-state index in [0.717, 1.165) is 21.9 Å². The summed E-state index contributed by atoms with van der Waals surface area (Å²) in [6.07, 6.45) is 0. The molecule has 3 aromatic rings. The van der Waals surface area contributed by atoms with Crippen LogP contribution in [0.5, 0.6) is 0 Å². The Bertz CT molecular complexity index is 801. The maximum atomic E-state index is 4.59. The van der Waals surface area contributed by atoms with Crippen LogP contribution in [0.15, 0.2) is 47.6 Å². The van der Waals surface area contributed by atoms with Crippen LogP contribution in [0.25, 0.3) is 10.2 Å². The van der Waals surface area contributed by atoms with Crippen molar-refractivity contribution in [3.05, 3.63) is 59.2 Å². The van der Waals surface area contributed by atoms with E-state index < -0.39 is 0 Å². The normalized spacial score (nSPS) is 11.9. The molecule has 1 aromatic heterocycles. The summed E-state index contributed by atoms with van der Waals surface area (Å²) in [6.45, 7) is 6.15. The minimum Gasteiger partial charge on any atom is -0.252 e. The number of aromatic nitrogens is 1. The number of hydrazone groups is 1. The molecule has 0 saturated carbocycles. The van der Waals surface area contributed by atoms with Crippen LogP contribution in [-0.2, 0) is 0 Å². The third-order valence-electron chi connectivity index (χ3n) is 3.41. The van der Waals surface area contributed by atoms with E-state index in [-0.39, 0.29) is 0 Å². The lowest BCUT2D eigenvalue weighted by atomic mass is 10.1. The summed E-state index contributed by atoms with van der Waals surface area (Å²) in [6, 6.07) is 14.6. The largest absolute Gasteiger partial charge is 0.252 e. The molecule has 0 aliphatic heterocycles. The highest BCUT2D eigenvalue weighted by Gasteiger charge is 2.05. The van der Waals surface area contributed by atoms with Crippen LogP contribution in [0.3, 0.4) is 0 Å². The van der Waals surface area contributed by atoms with Gasteiger partial charge in [-0.3, -0.25) is 5.43 Å². The van der Waals surface area contributed by atoms with E-state index in [1.54, 1.807) is 11.3 Å². The van der Waals surface area contributed by atoms with Crippen LogP contribution in [0.2, 0.25) is 0 Å². The summed E-state index contributed by atoms with van der Waals surface area (Å²) in [4.78, 5) is 4.59. The molecule has 21 heavy (non-hydrogen) atoms. The van der Waals surface area contributed by atoms with Gasteiger partial charge in [-0.05, 0) is 38.0 Å². The van der Waals surface area contributed by atoms with Crippen molar-refractivity contribution in [2.75, 3.05) is 5.43 Å². The first kappa shape index (κ1) is 13.8. The second kappa shape index (κ2) is 5.66. The van der Waals surface area contributed by atoms with Crippen molar-refractivity contribution in [1.82, 2.24) is 4.98 Å². The number of benzene rings is 2. The fraction of sp³-hybridized carbons (Fsp3) is 0.176. The first-order valence-electron chi connectivity index (χ1n) is 6.87. The number of nitrogens with one attached hydrogen (secondary N) is 1. The summed E-state index contributed by atoms with van der Waals surface area (Å²) in [7, 11) is 0. The number of fused-ring (bicyclic) bond motifs is 1. The summed E-state index contributed by atoms with van der Waals surface area (Å²) in [5.74, 6) is 0. The van der Waals surface area contributed by atoms with Crippen molar-refractivity contribution in [2.24, 2.45) is 5.10 Å². The van der Waals surface area contributed by atoms with Crippen LogP contribution in [0, 0.1) is 13.8 Å². The molecule has 2 aromatic carbocycles. The van der Waals surface area contributed by atoms with E-state index in [0.29, 0.717) is 0 Å². The number of nitrogens with zero attached hydrogens (tertiary/aromatic N) is 2. The molecule has 4 heteroatoms. The highest BCUT2D eigenvalue weighted by molar-refractivity contribution is 7.22. The van der Waals surface area contributed by atoms with E-state index in [1.165, 1.54) is 15.8 Å². The molecular weight excluding hydrogens is 278 g/mol. The van der Waals surface area contributed by atoms with Gasteiger partial charge in [0.1, 0.15) is 0 Å². The molecule has 0 fully saturated rings. The van der Waals surface area contributed by atoms with Gasteiger partial charge < -0.3 is 0 Å². The van der Waals surface area contributed by atoms with E-state index in [9.17, 15) is 0 Å². The fourth-order valence-corrected chi connectivity index (χ4v) is 3.01. The highest BCUT2D eigenvalue weighted by Crippen LogP contribution is 2.27. The van der Waals surface area contributed by atoms with Crippen molar-refractivity contribution in [3.8, 4) is 0 Å². The van der Waals surface area contributed by atoms with Gasteiger partial charge in [-0.25, -0.2) is 4.98 Å². The zero-order valence-electron chi connectivity index (χ0n) is 12.3. The van der Waals surface area contributed by atoms with Crippen LogP contribution < -0.4 is 5.43 Å². The Balaban J connectivity index is 1.83.